The van der Waals surface area contributed by atoms with Crippen molar-refractivity contribution in [3.05, 3.63) is 23.4 Å². The summed E-state index contributed by atoms with van der Waals surface area (Å²) in [5.41, 5.74) is 2.36. The topological polar surface area (TPSA) is 51.5 Å². The molecule has 1 aromatic rings. The van der Waals surface area contributed by atoms with Crippen molar-refractivity contribution in [1.82, 2.24) is 9.47 Å². The van der Waals surface area contributed by atoms with Gasteiger partial charge in [-0.3, -0.25) is 4.79 Å². The summed E-state index contributed by atoms with van der Waals surface area (Å²) < 4.78 is 7.21. The van der Waals surface area contributed by atoms with Gasteiger partial charge in [-0.25, -0.2) is 4.79 Å². The number of rotatable bonds is 3. The van der Waals surface area contributed by atoms with E-state index in [-0.39, 0.29) is 18.0 Å². The van der Waals surface area contributed by atoms with Crippen LogP contribution in [0.4, 0.5) is 0 Å². The third-order valence-electron chi connectivity index (χ3n) is 3.09. The van der Waals surface area contributed by atoms with Crippen molar-refractivity contribution in [3.8, 4) is 0 Å². The quantitative estimate of drug-likeness (QED) is 0.635. The van der Waals surface area contributed by atoms with Gasteiger partial charge in [0.15, 0.2) is 0 Å². The lowest BCUT2D eigenvalue weighted by Gasteiger charge is -2.08. The van der Waals surface area contributed by atoms with Gasteiger partial charge in [0.1, 0.15) is 0 Å². The molecule has 0 saturated carbocycles. The summed E-state index contributed by atoms with van der Waals surface area (Å²) in [6.45, 7) is 5.55. The van der Waals surface area contributed by atoms with Crippen molar-refractivity contribution in [3.63, 3.8) is 0 Å². The third kappa shape index (κ3) is 3.15. The van der Waals surface area contributed by atoms with E-state index in [4.69, 9.17) is 4.74 Å². The van der Waals surface area contributed by atoms with E-state index in [2.05, 4.69) is 0 Å². The van der Waals surface area contributed by atoms with Crippen molar-refractivity contribution in [2.24, 2.45) is 0 Å². The zero-order valence-electron chi connectivity index (χ0n) is 13.0. The number of hydrogen-bond donors (Lipinski definition) is 0. The number of carbonyl (C=O) groups is 2. The molecule has 1 amide bonds. The second kappa shape index (κ2) is 5.97. The van der Waals surface area contributed by atoms with Crippen LogP contribution >= 0.6 is 11.8 Å². The van der Waals surface area contributed by atoms with Crippen LogP contribution in [0.1, 0.15) is 29.8 Å². The first-order valence-corrected chi connectivity index (χ1v) is 7.77. The molecule has 0 unspecified atom stereocenters. The largest absolute Gasteiger partial charge is 0.459 e. The molecule has 5 nitrogen and oxygen atoms in total. The molecule has 0 bridgehead atoms. The highest BCUT2D eigenvalue weighted by atomic mass is 32.2. The van der Waals surface area contributed by atoms with Crippen LogP contribution in [0.25, 0.3) is 5.70 Å². The van der Waals surface area contributed by atoms with Crippen LogP contribution in [0, 0.1) is 6.92 Å². The van der Waals surface area contributed by atoms with E-state index in [1.165, 1.54) is 4.90 Å². The molecule has 0 aromatic carbocycles. The maximum Gasteiger partial charge on any atom is 0.341 e. The number of aromatic nitrogens is 1. The molecule has 114 valence electrons. The molecule has 2 heterocycles. The zero-order chi connectivity index (χ0) is 15.7. The fraction of sp³-hybridized carbons (Fsp3) is 0.467. The Bertz CT molecular complexity index is 615. The standard InChI is InChI=1S/C15H20N2O3S/c1-9(2)20-15(19)13-10(3)7-17-11(8-21-14(13)17)6-12(18)16(4)5/h6-7,9H,8H2,1-5H3. The first kappa shape index (κ1) is 15.7. The van der Waals surface area contributed by atoms with E-state index >= 15 is 0 Å². The minimum absolute atomic E-state index is 0.0592. The Hall–Kier alpha value is -1.69. The van der Waals surface area contributed by atoms with Gasteiger partial charge in [0, 0.05) is 37.8 Å². The fourth-order valence-electron chi connectivity index (χ4n) is 2.08. The van der Waals surface area contributed by atoms with Crippen molar-refractivity contribution >= 4 is 29.3 Å². The molecule has 0 fully saturated rings. The second-order valence-electron chi connectivity index (χ2n) is 5.47. The first-order valence-electron chi connectivity index (χ1n) is 6.79. The number of ether oxygens (including phenoxy) is 1. The molecular formula is C15H20N2O3S. The van der Waals surface area contributed by atoms with E-state index in [1.54, 1.807) is 31.9 Å². The molecule has 2 rings (SSSR count). The van der Waals surface area contributed by atoms with Gasteiger partial charge in [0.25, 0.3) is 0 Å². The van der Waals surface area contributed by atoms with Crippen LogP contribution in [-0.2, 0) is 9.53 Å². The van der Waals surface area contributed by atoms with Gasteiger partial charge in [-0.15, -0.1) is 11.8 Å². The summed E-state index contributed by atoms with van der Waals surface area (Å²) in [7, 11) is 3.43. The van der Waals surface area contributed by atoms with Gasteiger partial charge in [-0.05, 0) is 26.3 Å². The Morgan fingerprint density at radius 2 is 2.10 bits per heavy atom. The van der Waals surface area contributed by atoms with Crippen molar-refractivity contribution in [1.29, 1.82) is 0 Å². The average molecular weight is 308 g/mol. The van der Waals surface area contributed by atoms with Gasteiger partial charge in [-0.1, -0.05) is 0 Å². The number of hydrogen-bond acceptors (Lipinski definition) is 4. The number of esters is 1. The normalized spacial score (nSPS) is 15.4. The van der Waals surface area contributed by atoms with Gasteiger partial charge in [0.2, 0.25) is 5.91 Å². The Labute approximate surface area is 128 Å². The van der Waals surface area contributed by atoms with Crippen LogP contribution in [0.3, 0.4) is 0 Å². The summed E-state index contributed by atoms with van der Waals surface area (Å²) in [6.07, 6.45) is 3.35. The molecule has 1 aliphatic rings. The molecular weight excluding hydrogens is 288 g/mol. The highest BCUT2D eigenvalue weighted by molar-refractivity contribution is 8.00. The summed E-state index contributed by atoms with van der Waals surface area (Å²) in [4.78, 5) is 25.5. The monoisotopic (exact) mass is 308 g/mol. The average Bonchev–Trinajstić information content (AvgIpc) is 2.87. The number of thioether (sulfide) groups is 1. The van der Waals surface area contributed by atoms with Gasteiger partial charge in [-0.2, -0.15) is 0 Å². The molecule has 0 saturated heterocycles. The lowest BCUT2D eigenvalue weighted by atomic mass is 10.2. The predicted molar refractivity (Wildman–Crippen MR) is 83.4 cm³/mol. The fourth-order valence-corrected chi connectivity index (χ4v) is 3.28. The predicted octanol–water partition coefficient (Wildman–Crippen LogP) is 2.40. The van der Waals surface area contributed by atoms with E-state index in [0.29, 0.717) is 11.3 Å². The van der Waals surface area contributed by atoms with Gasteiger partial charge < -0.3 is 14.2 Å². The van der Waals surface area contributed by atoms with Crippen LogP contribution in [-0.4, -0.2) is 47.3 Å². The summed E-state index contributed by atoms with van der Waals surface area (Å²) in [6, 6.07) is 0. The number of amides is 1. The molecule has 1 aromatic heterocycles. The maximum absolute atomic E-state index is 12.2. The Balaban J connectivity index is 2.36. The van der Waals surface area contributed by atoms with E-state index in [1.807, 2.05) is 31.5 Å². The van der Waals surface area contributed by atoms with Crippen LogP contribution in [0.2, 0.25) is 0 Å². The van der Waals surface area contributed by atoms with Crippen molar-refractivity contribution in [2.75, 3.05) is 19.8 Å². The highest BCUT2D eigenvalue weighted by Gasteiger charge is 2.28. The summed E-state index contributed by atoms with van der Waals surface area (Å²) in [5.74, 6) is 0.317. The number of likely N-dealkylation sites (N-methyl/N-ethyl adjacent to an activating group) is 1. The molecule has 6 heteroatoms. The van der Waals surface area contributed by atoms with Crippen molar-refractivity contribution in [2.45, 2.75) is 31.9 Å². The van der Waals surface area contributed by atoms with Crippen LogP contribution < -0.4 is 0 Å². The van der Waals surface area contributed by atoms with E-state index in [0.717, 1.165) is 16.3 Å². The minimum Gasteiger partial charge on any atom is -0.459 e. The zero-order valence-corrected chi connectivity index (χ0v) is 13.8. The molecule has 0 atom stereocenters. The van der Waals surface area contributed by atoms with Crippen molar-refractivity contribution < 1.29 is 14.3 Å². The molecule has 0 radical (unpaired) electrons. The first-order chi connectivity index (χ1) is 9.81. The molecule has 0 spiro atoms. The molecule has 1 aliphatic heterocycles. The Morgan fingerprint density at radius 1 is 1.43 bits per heavy atom. The Kier molecular flexibility index (Phi) is 4.46. The SMILES string of the molecule is Cc1cn2c(c1C(=O)OC(C)C)SCC2=CC(=O)N(C)C. The minimum atomic E-state index is -0.302. The highest BCUT2D eigenvalue weighted by Crippen LogP contribution is 2.38. The molecule has 0 N–H and O–H groups in total. The smallest absolute Gasteiger partial charge is 0.341 e. The number of aryl methyl sites for hydroxylation is 1. The molecule has 21 heavy (non-hydrogen) atoms. The van der Waals surface area contributed by atoms with E-state index in [9.17, 15) is 9.59 Å². The number of carbonyl (C=O) groups excluding carboxylic acids is 2. The lowest BCUT2D eigenvalue weighted by Crippen LogP contribution is -2.19. The molecule has 0 aliphatic carbocycles. The van der Waals surface area contributed by atoms with E-state index < -0.39 is 0 Å². The maximum atomic E-state index is 12.2. The van der Waals surface area contributed by atoms with Crippen LogP contribution in [0.15, 0.2) is 17.3 Å². The lowest BCUT2D eigenvalue weighted by molar-refractivity contribution is -0.123. The van der Waals surface area contributed by atoms with Gasteiger partial charge in [0.05, 0.1) is 16.7 Å². The van der Waals surface area contributed by atoms with Crippen LogP contribution in [0.5, 0.6) is 0 Å². The summed E-state index contributed by atoms with van der Waals surface area (Å²) >= 11 is 1.56. The third-order valence-corrected chi connectivity index (χ3v) is 4.21. The second-order valence-corrected chi connectivity index (χ2v) is 6.44. The number of nitrogens with zero attached hydrogens (tertiary/aromatic N) is 2. The summed E-state index contributed by atoms with van der Waals surface area (Å²) in [5, 5.41) is 0.857. The number of fused-ring (bicyclic) bond motifs is 1. The van der Waals surface area contributed by atoms with Gasteiger partial charge >= 0.3 is 5.97 Å². The Morgan fingerprint density at radius 3 is 2.67 bits per heavy atom.